The van der Waals surface area contributed by atoms with Gasteiger partial charge in [0.2, 0.25) is 0 Å². The molecule has 20 heavy (non-hydrogen) atoms. The van der Waals surface area contributed by atoms with Crippen LogP contribution in [0.15, 0.2) is 30.4 Å². The lowest BCUT2D eigenvalue weighted by atomic mass is 9.86. The Labute approximate surface area is 120 Å². The Morgan fingerprint density at radius 1 is 1.45 bits per heavy atom. The molecule has 108 valence electrons. The van der Waals surface area contributed by atoms with Gasteiger partial charge in [0.15, 0.2) is 0 Å². The zero-order chi connectivity index (χ0) is 14.9. The summed E-state index contributed by atoms with van der Waals surface area (Å²) in [6, 6.07) is 6.24. The van der Waals surface area contributed by atoms with Gasteiger partial charge in [0, 0.05) is 12.7 Å². The number of esters is 1. The molecular weight excluding hydrogens is 252 g/mol. The van der Waals surface area contributed by atoms with Crippen molar-refractivity contribution >= 4 is 5.97 Å². The van der Waals surface area contributed by atoms with Crippen LogP contribution >= 0.6 is 0 Å². The highest BCUT2D eigenvalue weighted by Gasteiger charge is 2.39. The van der Waals surface area contributed by atoms with Crippen LogP contribution in [-0.2, 0) is 26.3 Å². The molecule has 1 aliphatic carbocycles. The van der Waals surface area contributed by atoms with Gasteiger partial charge in [0.05, 0.1) is 6.61 Å². The monoisotopic (exact) mass is 274 g/mol. The minimum absolute atomic E-state index is 0.000887. The van der Waals surface area contributed by atoms with Crippen molar-refractivity contribution in [1.82, 2.24) is 0 Å². The van der Waals surface area contributed by atoms with Crippen LogP contribution in [0.5, 0.6) is 0 Å². The second-order valence-corrected chi connectivity index (χ2v) is 6.12. The summed E-state index contributed by atoms with van der Waals surface area (Å²) in [7, 11) is 1.69. The number of fused-ring (bicyclic) bond motifs is 1. The molecule has 1 aromatic carbocycles. The molecule has 0 fully saturated rings. The standard InChI is InChI=1S/C17H22O3/c1-11(2)16(18)20-15-9-17(3,4)14-8-12(10-19-5)6-7-13(14)15/h6-8,15H,1,9-10H2,2-5H3. The average Bonchev–Trinajstić information content (AvgIpc) is 2.61. The Balaban J connectivity index is 2.31. The number of hydrogen-bond acceptors (Lipinski definition) is 3. The third kappa shape index (κ3) is 2.78. The van der Waals surface area contributed by atoms with Gasteiger partial charge < -0.3 is 9.47 Å². The lowest BCUT2D eigenvalue weighted by Gasteiger charge is -2.19. The quantitative estimate of drug-likeness (QED) is 0.620. The second-order valence-electron chi connectivity index (χ2n) is 6.12. The first-order valence-electron chi connectivity index (χ1n) is 6.84. The summed E-state index contributed by atoms with van der Waals surface area (Å²) in [5.41, 5.74) is 3.92. The van der Waals surface area contributed by atoms with E-state index in [0.717, 1.165) is 17.5 Å². The molecule has 0 aromatic heterocycles. The third-order valence-corrected chi connectivity index (χ3v) is 3.80. The summed E-state index contributed by atoms with van der Waals surface area (Å²) in [5, 5.41) is 0. The molecule has 1 atom stereocenters. The maximum Gasteiger partial charge on any atom is 0.333 e. The van der Waals surface area contributed by atoms with E-state index in [1.54, 1.807) is 14.0 Å². The SMILES string of the molecule is C=C(C)C(=O)OC1CC(C)(C)c2cc(COC)ccc21. The Bertz CT molecular complexity index is 543. The zero-order valence-corrected chi connectivity index (χ0v) is 12.7. The Morgan fingerprint density at radius 3 is 2.75 bits per heavy atom. The van der Waals surface area contributed by atoms with Crippen molar-refractivity contribution < 1.29 is 14.3 Å². The van der Waals surface area contributed by atoms with Crippen LogP contribution in [0.1, 0.15) is 50.0 Å². The molecule has 1 aromatic rings. The average molecular weight is 274 g/mol. The second kappa shape index (κ2) is 5.41. The largest absolute Gasteiger partial charge is 0.454 e. The Kier molecular flexibility index (Phi) is 4.00. The number of carbonyl (C=O) groups is 1. The number of carbonyl (C=O) groups excluding carboxylic acids is 1. The molecule has 0 spiro atoms. The number of hydrogen-bond donors (Lipinski definition) is 0. The summed E-state index contributed by atoms with van der Waals surface area (Å²) >= 11 is 0. The summed E-state index contributed by atoms with van der Waals surface area (Å²) in [6.07, 6.45) is 0.624. The first-order chi connectivity index (χ1) is 9.35. The smallest absolute Gasteiger partial charge is 0.333 e. The van der Waals surface area contributed by atoms with E-state index in [1.165, 1.54) is 5.56 Å². The van der Waals surface area contributed by atoms with E-state index in [9.17, 15) is 4.79 Å². The highest BCUT2D eigenvalue weighted by Crippen LogP contribution is 2.46. The minimum atomic E-state index is -0.320. The van der Waals surface area contributed by atoms with Crippen molar-refractivity contribution in [2.24, 2.45) is 0 Å². The fourth-order valence-electron chi connectivity index (χ4n) is 2.75. The molecule has 0 saturated heterocycles. The van der Waals surface area contributed by atoms with E-state index >= 15 is 0 Å². The van der Waals surface area contributed by atoms with Gasteiger partial charge in [-0.1, -0.05) is 38.6 Å². The van der Waals surface area contributed by atoms with Gasteiger partial charge in [-0.3, -0.25) is 0 Å². The molecule has 1 aliphatic rings. The van der Waals surface area contributed by atoms with Gasteiger partial charge in [0.1, 0.15) is 6.10 Å². The van der Waals surface area contributed by atoms with Crippen molar-refractivity contribution in [3.8, 4) is 0 Å². The van der Waals surface area contributed by atoms with Crippen molar-refractivity contribution in [1.29, 1.82) is 0 Å². The van der Waals surface area contributed by atoms with E-state index in [1.807, 2.05) is 6.07 Å². The number of rotatable bonds is 4. The molecule has 3 heteroatoms. The maximum absolute atomic E-state index is 11.7. The van der Waals surface area contributed by atoms with Gasteiger partial charge >= 0.3 is 5.97 Å². The molecule has 0 aliphatic heterocycles. The molecular formula is C17H22O3. The highest BCUT2D eigenvalue weighted by molar-refractivity contribution is 5.87. The lowest BCUT2D eigenvalue weighted by molar-refractivity contribution is -0.144. The molecule has 0 heterocycles. The molecule has 1 unspecified atom stereocenters. The minimum Gasteiger partial charge on any atom is -0.454 e. The normalized spacial score (nSPS) is 19.5. The zero-order valence-electron chi connectivity index (χ0n) is 12.7. The predicted octanol–water partition coefficient (Wildman–Crippen LogP) is 3.67. The van der Waals surface area contributed by atoms with Gasteiger partial charge in [0.25, 0.3) is 0 Å². The van der Waals surface area contributed by atoms with Crippen LogP contribution < -0.4 is 0 Å². The first kappa shape index (κ1) is 14.8. The predicted molar refractivity (Wildman–Crippen MR) is 78.4 cm³/mol. The molecule has 0 saturated carbocycles. The summed E-state index contributed by atoms with van der Waals surface area (Å²) < 4.78 is 10.7. The molecule has 0 radical (unpaired) electrons. The molecule has 2 rings (SSSR count). The van der Waals surface area contributed by atoms with Crippen LogP contribution in [0.3, 0.4) is 0 Å². The van der Waals surface area contributed by atoms with E-state index in [-0.39, 0.29) is 17.5 Å². The van der Waals surface area contributed by atoms with Gasteiger partial charge in [-0.05, 0) is 35.4 Å². The van der Waals surface area contributed by atoms with Crippen LogP contribution in [0.4, 0.5) is 0 Å². The van der Waals surface area contributed by atoms with E-state index in [2.05, 4.69) is 32.6 Å². The Morgan fingerprint density at radius 2 is 2.15 bits per heavy atom. The number of ether oxygens (including phenoxy) is 2. The van der Waals surface area contributed by atoms with Gasteiger partial charge in [-0.2, -0.15) is 0 Å². The fourth-order valence-corrected chi connectivity index (χ4v) is 2.75. The van der Waals surface area contributed by atoms with Crippen molar-refractivity contribution in [3.63, 3.8) is 0 Å². The molecule has 3 nitrogen and oxygen atoms in total. The van der Waals surface area contributed by atoms with Crippen LogP contribution in [0.25, 0.3) is 0 Å². The molecule has 0 N–H and O–H groups in total. The van der Waals surface area contributed by atoms with E-state index in [4.69, 9.17) is 9.47 Å². The molecule has 0 amide bonds. The van der Waals surface area contributed by atoms with Crippen molar-refractivity contribution in [2.45, 2.75) is 45.3 Å². The van der Waals surface area contributed by atoms with E-state index in [0.29, 0.717) is 12.2 Å². The van der Waals surface area contributed by atoms with Crippen LogP contribution in [-0.4, -0.2) is 13.1 Å². The van der Waals surface area contributed by atoms with Crippen molar-refractivity contribution in [2.75, 3.05) is 7.11 Å². The number of benzene rings is 1. The van der Waals surface area contributed by atoms with E-state index < -0.39 is 0 Å². The summed E-state index contributed by atoms with van der Waals surface area (Å²) in [6.45, 7) is 10.3. The molecule has 0 bridgehead atoms. The maximum atomic E-state index is 11.7. The number of methoxy groups -OCH3 is 1. The van der Waals surface area contributed by atoms with Crippen molar-refractivity contribution in [3.05, 3.63) is 47.0 Å². The van der Waals surface area contributed by atoms with Crippen LogP contribution in [0, 0.1) is 0 Å². The van der Waals surface area contributed by atoms with Gasteiger partial charge in [-0.25, -0.2) is 4.79 Å². The first-order valence-corrected chi connectivity index (χ1v) is 6.84. The Hall–Kier alpha value is -1.61. The topological polar surface area (TPSA) is 35.5 Å². The third-order valence-electron chi connectivity index (χ3n) is 3.80. The lowest BCUT2D eigenvalue weighted by Crippen LogP contribution is -2.14. The van der Waals surface area contributed by atoms with Gasteiger partial charge in [-0.15, -0.1) is 0 Å². The van der Waals surface area contributed by atoms with Crippen LogP contribution in [0.2, 0.25) is 0 Å². The summed E-state index contributed by atoms with van der Waals surface area (Å²) in [4.78, 5) is 11.7. The summed E-state index contributed by atoms with van der Waals surface area (Å²) in [5.74, 6) is -0.320. The fraction of sp³-hybridized carbons (Fsp3) is 0.471. The highest BCUT2D eigenvalue weighted by atomic mass is 16.5.